The highest BCUT2D eigenvalue weighted by Crippen LogP contribution is 2.34. The van der Waals surface area contributed by atoms with Gasteiger partial charge in [-0.05, 0) is 54.4 Å². The van der Waals surface area contributed by atoms with Crippen molar-refractivity contribution in [1.82, 2.24) is 5.32 Å². The summed E-state index contributed by atoms with van der Waals surface area (Å²) in [5.74, 6) is 0.326. The maximum Gasteiger partial charge on any atom is 0.138 e. The third-order valence-corrected chi connectivity index (χ3v) is 3.77. The quantitative estimate of drug-likeness (QED) is 0.854. The molecule has 0 radical (unpaired) electrons. The van der Waals surface area contributed by atoms with Gasteiger partial charge in [0.25, 0.3) is 0 Å². The Morgan fingerprint density at radius 1 is 1.24 bits per heavy atom. The molecular formula is C17H19ClFNO. The molecule has 1 unspecified atom stereocenters. The largest absolute Gasteiger partial charge is 0.495 e. The van der Waals surface area contributed by atoms with Crippen LogP contribution in [0.1, 0.15) is 25.5 Å². The average Bonchev–Trinajstić information content (AvgIpc) is 2.48. The van der Waals surface area contributed by atoms with Crippen LogP contribution in [0.4, 0.5) is 4.39 Å². The first kappa shape index (κ1) is 15.8. The Bertz CT molecular complexity index is 630. The first-order valence-corrected chi connectivity index (χ1v) is 7.31. The van der Waals surface area contributed by atoms with E-state index in [-0.39, 0.29) is 11.9 Å². The summed E-state index contributed by atoms with van der Waals surface area (Å²) in [5, 5.41) is 3.89. The fourth-order valence-corrected chi connectivity index (χ4v) is 2.59. The van der Waals surface area contributed by atoms with Crippen LogP contribution in [0.3, 0.4) is 0 Å². The minimum Gasteiger partial charge on any atom is -0.495 e. The summed E-state index contributed by atoms with van der Waals surface area (Å²) in [6, 6.07) is 10.5. The zero-order valence-electron chi connectivity index (χ0n) is 12.4. The molecule has 1 N–H and O–H groups in total. The van der Waals surface area contributed by atoms with E-state index < -0.39 is 0 Å². The van der Waals surface area contributed by atoms with Gasteiger partial charge < -0.3 is 10.1 Å². The highest BCUT2D eigenvalue weighted by atomic mass is 35.5. The van der Waals surface area contributed by atoms with Crippen LogP contribution in [0.15, 0.2) is 36.4 Å². The predicted molar refractivity (Wildman–Crippen MR) is 85.5 cm³/mol. The number of hydrogen-bond acceptors (Lipinski definition) is 2. The zero-order valence-corrected chi connectivity index (χ0v) is 13.2. The van der Waals surface area contributed by atoms with Crippen LogP contribution < -0.4 is 10.1 Å². The second-order valence-electron chi connectivity index (χ2n) is 4.86. The van der Waals surface area contributed by atoms with Crippen LogP contribution in [0.2, 0.25) is 5.02 Å². The second kappa shape index (κ2) is 6.92. The summed E-state index contributed by atoms with van der Waals surface area (Å²) < 4.78 is 18.9. The molecule has 0 saturated carbocycles. The van der Waals surface area contributed by atoms with Gasteiger partial charge >= 0.3 is 0 Å². The number of ether oxygens (including phenoxy) is 1. The number of rotatable bonds is 5. The summed E-state index contributed by atoms with van der Waals surface area (Å²) in [5.41, 5.74) is 2.77. The Morgan fingerprint density at radius 3 is 2.67 bits per heavy atom. The molecule has 2 aromatic rings. The minimum absolute atomic E-state index is 0.132. The topological polar surface area (TPSA) is 21.3 Å². The maximum absolute atomic E-state index is 13.7. The molecule has 0 bridgehead atoms. The summed E-state index contributed by atoms with van der Waals surface area (Å²) in [6.07, 6.45) is 0. The van der Waals surface area contributed by atoms with Crippen molar-refractivity contribution in [2.45, 2.75) is 19.9 Å². The molecule has 0 amide bonds. The van der Waals surface area contributed by atoms with E-state index in [1.165, 1.54) is 6.07 Å². The number of halogens is 2. The Hall–Kier alpha value is -1.58. The molecule has 4 heteroatoms. The highest BCUT2D eigenvalue weighted by molar-refractivity contribution is 6.32. The molecule has 0 spiro atoms. The third kappa shape index (κ3) is 3.55. The maximum atomic E-state index is 13.7. The standard InChI is InChI=1S/C17H19ClFNO/c1-4-20-11(2)14-7-6-13(19)10-15(14)12-5-8-16(18)17(9-12)21-3/h5-11,20H,4H2,1-3H3. The Kier molecular flexibility index (Phi) is 5.21. The number of hydrogen-bond donors (Lipinski definition) is 1. The molecule has 0 aliphatic heterocycles. The lowest BCUT2D eigenvalue weighted by Gasteiger charge is -2.18. The van der Waals surface area contributed by atoms with E-state index in [2.05, 4.69) is 12.2 Å². The molecule has 0 aliphatic rings. The lowest BCUT2D eigenvalue weighted by molar-refractivity contribution is 0.415. The van der Waals surface area contributed by atoms with Crippen LogP contribution in [0.25, 0.3) is 11.1 Å². The van der Waals surface area contributed by atoms with Gasteiger partial charge in [0.1, 0.15) is 11.6 Å². The third-order valence-electron chi connectivity index (χ3n) is 3.45. The van der Waals surface area contributed by atoms with E-state index in [9.17, 15) is 4.39 Å². The fourth-order valence-electron chi connectivity index (χ4n) is 2.40. The molecule has 0 heterocycles. The van der Waals surface area contributed by atoms with Gasteiger partial charge in [-0.15, -0.1) is 0 Å². The van der Waals surface area contributed by atoms with Crippen LogP contribution in [-0.4, -0.2) is 13.7 Å². The van der Waals surface area contributed by atoms with Crippen molar-refractivity contribution in [2.75, 3.05) is 13.7 Å². The number of nitrogens with one attached hydrogen (secondary N) is 1. The highest BCUT2D eigenvalue weighted by Gasteiger charge is 2.13. The van der Waals surface area contributed by atoms with Gasteiger partial charge in [-0.2, -0.15) is 0 Å². The molecule has 0 fully saturated rings. The molecule has 0 saturated heterocycles. The van der Waals surface area contributed by atoms with Crippen LogP contribution in [0, 0.1) is 5.82 Å². The van der Waals surface area contributed by atoms with Gasteiger partial charge in [0, 0.05) is 6.04 Å². The Morgan fingerprint density at radius 2 is 2.00 bits per heavy atom. The normalized spacial score (nSPS) is 12.2. The van der Waals surface area contributed by atoms with E-state index in [1.54, 1.807) is 19.2 Å². The second-order valence-corrected chi connectivity index (χ2v) is 5.27. The number of methoxy groups -OCH3 is 1. The lowest BCUT2D eigenvalue weighted by Crippen LogP contribution is -2.18. The molecule has 21 heavy (non-hydrogen) atoms. The molecule has 2 nitrogen and oxygen atoms in total. The van der Waals surface area contributed by atoms with Crippen LogP contribution >= 0.6 is 11.6 Å². The van der Waals surface area contributed by atoms with Crippen molar-refractivity contribution in [3.05, 3.63) is 52.8 Å². The molecular weight excluding hydrogens is 289 g/mol. The summed E-state index contributed by atoms with van der Waals surface area (Å²) in [7, 11) is 1.57. The lowest BCUT2D eigenvalue weighted by atomic mass is 9.95. The van der Waals surface area contributed by atoms with E-state index >= 15 is 0 Å². The van der Waals surface area contributed by atoms with E-state index in [1.807, 2.05) is 25.1 Å². The summed E-state index contributed by atoms with van der Waals surface area (Å²) in [6.45, 7) is 4.96. The van der Waals surface area contributed by atoms with Crippen molar-refractivity contribution in [2.24, 2.45) is 0 Å². The van der Waals surface area contributed by atoms with Crippen LogP contribution in [0.5, 0.6) is 5.75 Å². The van der Waals surface area contributed by atoms with Gasteiger partial charge in [0.15, 0.2) is 0 Å². The van der Waals surface area contributed by atoms with Crippen molar-refractivity contribution in [3.63, 3.8) is 0 Å². The first-order chi connectivity index (χ1) is 10.1. The molecule has 2 rings (SSSR count). The first-order valence-electron chi connectivity index (χ1n) is 6.93. The van der Waals surface area contributed by atoms with Crippen molar-refractivity contribution >= 4 is 11.6 Å². The summed E-state index contributed by atoms with van der Waals surface area (Å²) in [4.78, 5) is 0. The van der Waals surface area contributed by atoms with Crippen molar-refractivity contribution in [1.29, 1.82) is 0 Å². The van der Waals surface area contributed by atoms with Crippen molar-refractivity contribution in [3.8, 4) is 16.9 Å². The van der Waals surface area contributed by atoms with E-state index in [4.69, 9.17) is 16.3 Å². The minimum atomic E-state index is -0.258. The SMILES string of the molecule is CCNC(C)c1ccc(F)cc1-c1ccc(Cl)c(OC)c1. The Balaban J connectivity index is 2.54. The zero-order chi connectivity index (χ0) is 15.4. The van der Waals surface area contributed by atoms with E-state index in [0.717, 1.165) is 23.2 Å². The molecule has 2 aromatic carbocycles. The predicted octanol–water partition coefficient (Wildman–Crippen LogP) is 4.83. The monoisotopic (exact) mass is 307 g/mol. The van der Waals surface area contributed by atoms with Gasteiger partial charge in [0.05, 0.1) is 12.1 Å². The number of benzene rings is 2. The smallest absolute Gasteiger partial charge is 0.138 e. The molecule has 112 valence electrons. The van der Waals surface area contributed by atoms with Crippen LogP contribution in [-0.2, 0) is 0 Å². The van der Waals surface area contributed by atoms with Gasteiger partial charge in [-0.3, -0.25) is 0 Å². The van der Waals surface area contributed by atoms with E-state index in [0.29, 0.717) is 10.8 Å². The van der Waals surface area contributed by atoms with Gasteiger partial charge in [-0.1, -0.05) is 30.7 Å². The summed E-state index contributed by atoms with van der Waals surface area (Å²) >= 11 is 6.06. The fraction of sp³-hybridized carbons (Fsp3) is 0.294. The van der Waals surface area contributed by atoms with Gasteiger partial charge in [0.2, 0.25) is 0 Å². The molecule has 1 atom stereocenters. The Labute approximate surface area is 129 Å². The van der Waals surface area contributed by atoms with Crippen molar-refractivity contribution < 1.29 is 9.13 Å². The average molecular weight is 308 g/mol. The molecule has 0 aliphatic carbocycles. The molecule has 0 aromatic heterocycles. The van der Waals surface area contributed by atoms with Gasteiger partial charge in [-0.25, -0.2) is 4.39 Å².